The Morgan fingerprint density at radius 2 is 1.18 bits per heavy atom. The molecule has 0 radical (unpaired) electrons. The Bertz CT molecular complexity index is 157. The van der Waals surface area contributed by atoms with Crippen molar-refractivity contribution in [3.05, 3.63) is 0 Å². The lowest BCUT2D eigenvalue weighted by Gasteiger charge is -2.14. The highest BCUT2D eigenvalue weighted by molar-refractivity contribution is 4.63. The van der Waals surface area contributed by atoms with E-state index in [0.717, 1.165) is 0 Å². The van der Waals surface area contributed by atoms with E-state index in [1.165, 1.54) is 0 Å². The van der Waals surface area contributed by atoms with Crippen molar-refractivity contribution in [2.75, 3.05) is 6.61 Å². The van der Waals surface area contributed by atoms with Crippen LogP contribution in [0.4, 0.5) is 0 Å². The molecule has 0 fully saturated rings. The van der Waals surface area contributed by atoms with Crippen LogP contribution in [0.3, 0.4) is 0 Å². The standard InChI is InChI=1S/C7H16O2.C6H14O2/c1-5(2)4-7(9)6(3)8;1-5(2)3-6(8)4-7/h5-9H,4H2,1-3H3;5-8H,3-4H2,1-2H3/t6-,7-;6-/m01/s1. The molecule has 106 valence electrons. The average Bonchev–Trinajstić information content (AvgIpc) is 2.16. The summed E-state index contributed by atoms with van der Waals surface area (Å²) in [5.74, 6) is 0.923. The van der Waals surface area contributed by atoms with Crippen molar-refractivity contribution in [2.45, 2.75) is 65.8 Å². The highest BCUT2D eigenvalue weighted by Gasteiger charge is 2.11. The summed E-state index contributed by atoms with van der Waals surface area (Å²) in [6.07, 6.45) is -0.291. The summed E-state index contributed by atoms with van der Waals surface area (Å²) in [6.45, 7) is 9.56. The molecule has 0 unspecified atom stereocenters. The topological polar surface area (TPSA) is 80.9 Å². The zero-order valence-electron chi connectivity index (χ0n) is 11.8. The second-order valence-corrected chi connectivity index (χ2v) is 5.40. The van der Waals surface area contributed by atoms with Crippen molar-refractivity contribution in [1.82, 2.24) is 0 Å². The predicted molar refractivity (Wildman–Crippen MR) is 69.7 cm³/mol. The van der Waals surface area contributed by atoms with Crippen molar-refractivity contribution >= 4 is 0 Å². The molecule has 3 atom stereocenters. The highest BCUT2D eigenvalue weighted by atomic mass is 16.3. The molecule has 0 bridgehead atoms. The van der Waals surface area contributed by atoms with E-state index >= 15 is 0 Å². The maximum atomic E-state index is 9.05. The van der Waals surface area contributed by atoms with Gasteiger partial charge in [0, 0.05) is 0 Å². The fourth-order valence-corrected chi connectivity index (χ4v) is 1.30. The minimum Gasteiger partial charge on any atom is -0.394 e. The zero-order valence-corrected chi connectivity index (χ0v) is 11.8. The van der Waals surface area contributed by atoms with Gasteiger partial charge in [-0.1, -0.05) is 27.7 Å². The van der Waals surface area contributed by atoms with Crippen LogP contribution in [0, 0.1) is 11.8 Å². The van der Waals surface area contributed by atoms with Crippen molar-refractivity contribution in [3.8, 4) is 0 Å². The molecule has 4 nitrogen and oxygen atoms in total. The van der Waals surface area contributed by atoms with E-state index < -0.39 is 18.3 Å². The van der Waals surface area contributed by atoms with Crippen molar-refractivity contribution in [3.63, 3.8) is 0 Å². The van der Waals surface area contributed by atoms with Crippen LogP contribution in [-0.2, 0) is 0 Å². The summed E-state index contributed by atoms with van der Waals surface area (Å²) in [4.78, 5) is 0. The first-order chi connectivity index (χ1) is 7.70. The maximum absolute atomic E-state index is 9.05. The third kappa shape index (κ3) is 15.8. The maximum Gasteiger partial charge on any atom is 0.0798 e. The molecule has 4 N–H and O–H groups in total. The summed E-state index contributed by atoms with van der Waals surface area (Å²) in [5, 5.41) is 35.0. The van der Waals surface area contributed by atoms with Gasteiger partial charge in [-0.2, -0.15) is 0 Å². The summed E-state index contributed by atoms with van der Waals surface area (Å²) >= 11 is 0. The minimum absolute atomic E-state index is 0.113. The minimum atomic E-state index is -0.590. The molecule has 17 heavy (non-hydrogen) atoms. The lowest BCUT2D eigenvalue weighted by Crippen LogP contribution is -2.23. The molecular formula is C13H30O4. The van der Waals surface area contributed by atoms with E-state index in [-0.39, 0.29) is 6.61 Å². The van der Waals surface area contributed by atoms with Crippen LogP contribution in [0.5, 0.6) is 0 Å². The van der Waals surface area contributed by atoms with Crippen molar-refractivity contribution in [1.29, 1.82) is 0 Å². The number of aliphatic hydroxyl groups is 4. The fraction of sp³-hybridized carbons (Fsp3) is 1.00. The Balaban J connectivity index is 0. The normalized spacial score (nSPS) is 16.4. The van der Waals surface area contributed by atoms with Gasteiger partial charge in [0.25, 0.3) is 0 Å². The Labute approximate surface area is 105 Å². The van der Waals surface area contributed by atoms with Gasteiger partial charge in [0.15, 0.2) is 0 Å². The van der Waals surface area contributed by atoms with Gasteiger partial charge in [0.1, 0.15) is 0 Å². The number of hydrogen-bond donors (Lipinski definition) is 4. The quantitative estimate of drug-likeness (QED) is 0.570. The second kappa shape index (κ2) is 11.0. The summed E-state index contributed by atoms with van der Waals surface area (Å²) in [5.41, 5.74) is 0. The number of aliphatic hydroxyl groups excluding tert-OH is 4. The smallest absolute Gasteiger partial charge is 0.0798 e. The lowest BCUT2D eigenvalue weighted by atomic mass is 10.0. The van der Waals surface area contributed by atoms with E-state index in [4.69, 9.17) is 20.4 Å². The molecule has 0 rings (SSSR count). The molecule has 0 amide bonds. The largest absolute Gasteiger partial charge is 0.394 e. The van der Waals surface area contributed by atoms with Gasteiger partial charge in [-0.05, 0) is 31.6 Å². The fourth-order valence-electron chi connectivity index (χ4n) is 1.30. The Hall–Kier alpha value is -0.160. The zero-order chi connectivity index (χ0) is 14.0. The molecule has 0 aliphatic heterocycles. The van der Waals surface area contributed by atoms with Gasteiger partial charge < -0.3 is 20.4 Å². The van der Waals surface area contributed by atoms with E-state index in [1.54, 1.807) is 6.92 Å². The number of hydrogen-bond acceptors (Lipinski definition) is 4. The summed E-state index contributed by atoms with van der Waals surface area (Å²) in [6, 6.07) is 0. The van der Waals surface area contributed by atoms with E-state index in [0.29, 0.717) is 24.7 Å². The van der Waals surface area contributed by atoms with Gasteiger partial charge >= 0.3 is 0 Å². The average molecular weight is 250 g/mol. The Morgan fingerprint density at radius 1 is 0.765 bits per heavy atom. The lowest BCUT2D eigenvalue weighted by molar-refractivity contribution is 0.0188. The van der Waals surface area contributed by atoms with Crippen LogP contribution in [-0.4, -0.2) is 45.3 Å². The second-order valence-electron chi connectivity index (χ2n) is 5.40. The van der Waals surface area contributed by atoms with Crippen molar-refractivity contribution in [2.24, 2.45) is 11.8 Å². The third-order valence-corrected chi connectivity index (χ3v) is 2.22. The molecule has 0 aliphatic rings. The Morgan fingerprint density at radius 3 is 1.29 bits per heavy atom. The van der Waals surface area contributed by atoms with Crippen molar-refractivity contribution < 1.29 is 20.4 Å². The molecule has 0 aromatic carbocycles. The van der Waals surface area contributed by atoms with Gasteiger partial charge in [-0.25, -0.2) is 0 Å². The van der Waals surface area contributed by atoms with Crippen LogP contribution in [0.15, 0.2) is 0 Å². The van der Waals surface area contributed by atoms with E-state index in [2.05, 4.69) is 0 Å². The van der Waals surface area contributed by atoms with Gasteiger partial charge in [0.05, 0.1) is 24.9 Å². The van der Waals surface area contributed by atoms with E-state index in [1.807, 2.05) is 27.7 Å². The third-order valence-electron chi connectivity index (χ3n) is 2.22. The first kappa shape index (κ1) is 19.2. The monoisotopic (exact) mass is 250 g/mol. The van der Waals surface area contributed by atoms with Crippen LogP contribution in [0.2, 0.25) is 0 Å². The van der Waals surface area contributed by atoms with Gasteiger partial charge in [0.2, 0.25) is 0 Å². The van der Waals surface area contributed by atoms with Gasteiger partial charge in [-0.3, -0.25) is 0 Å². The molecule has 0 aromatic rings. The van der Waals surface area contributed by atoms with Crippen LogP contribution in [0.25, 0.3) is 0 Å². The molecule has 0 heterocycles. The molecular weight excluding hydrogens is 220 g/mol. The Kier molecular flexibility index (Phi) is 12.4. The predicted octanol–water partition coefficient (Wildman–Crippen LogP) is 1.16. The summed E-state index contributed by atoms with van der Waals surface area (Å²) < 4.78 is 0. The first-order valence-corrected chi connectivity index (χ1v) is 6.35. The molecule has 0 aliphatic carbocycles. The highest BCUT2D eigenvalue weighted by Crippen LogP contribution is 2.06. The van der Waals surface area contributed by atoms with Crippen LogP contribution >= 0.6 is 0 Å². The van der Waals surface area contributed by atoms with E-state index in [9.17, 15) is 0 Å². The SMILES string of the molecule is CC(C)C[C@@H](O)CO.CC(C)C[C@H](O)[C@H](C)O. The molecule has 4 heteroatoms. The van der Waals surface area contributed by atoms with Crippen LogP contribution < -0.4 is 0 Å². The molecule has 0 spiro atoms. The molecule has 0 saturated heterocycles. The molecule has 0 saturated carbocycles. The number of rotatable bonds is 6. The molecule has 0 aromatic heterocycles. The van der Waals surface area contributed by atoms with Crippen LogP contribution in [0.1, 0.15) is 47.5 Å². The summed E-state index contributed by atoms with van der Waals surface area (Å²) in [7, 11) is 0. The first-order valence-electron chi connectivity index (χ1n) is 6.35. The van der Waals surface area contributed by atoms with Gasteiger partial charge in [-0.15, -0.1) is 0 Å².